The molecule has 0 saturated carbocycles. The zero-order valence-electron chi connectivity index (χ0n) is 22.4. The lowest BCUT2D eigenvalue weighted by atomic mass is 10.0. The number of aryl methyl sites for hydroxylation is 1. The van der Waals surface area contributed by atoms with E-state index in [9.17, 15) is 14.0 Å². The first-order valence-electron chi connectivity index (χ1n) is 13.4. The molecule has 204 valence electrons. The van der Waals surface area contributed by atoms with Gasteiger partial charge >= 0.3 is 0 Å². The lowest BCUT2D eigenvalue weighted by molar-refractivity contribution is 0.0777. The lowest BCUT2D eigenvalue weighted by Crippen LogP contribution is -2.34. The predicted molar refractivity (Wildman–Crippen MR) is 154 cm³/mol. The standard InChI is InChI=1S/C31H34ClFN4O2/c1-35(2)25-13-11-22(12-14-25)30(38)34-15-5-7-21-6-3-8-26(16-21)36-17-23-19-37(20-24(23)18-36)31(39)29-27(32)9-4-10-28(29)33/h3-4,6,8-14,16,23-24H,5,7,15,17-20H2,1-2H3,(H,34,38). The zero-order valence-corrected chi connectivity index (χ0v) is 23.1. The van der Waals surface area contributed by atoms with Crippen molar-refractivity contribution in [1.82, 2.24) is 10.2 Å². The maximum Gasteiger partial charge on any atom is 0.258 e. The molecule has 6 nitrogen and oxygen atoms in total. The smallest absolute Gasteiger partial charge is 0.258 e. The van der Waals surface area contributed by atoms with Crippen LogP contribution in [-0.2, 0) is 6.42 Å². The Morgan fingerprint density at radius 1 is 0.974 bits per heavy atom. The second-order valence-electron chi connectivity index (χ2n) is 10.7. The van der Waals surface area contributed by atoms with E-state index in [1.807, 2.05) is 43.3 Å². The van der Waals surface area contributed by atoms with Crippen molar-refractivity contribution < 1.29 is 14.0 Å². The van der Waals surface area contributed by atoms with Crippen LogP contribution in [0.3, 0.4) is 0 Å². The monoisotopic (exact) mass is 548 g/mol. The minimum atomic E-state index is -0.568. The van der Waals surface area contributed by atoms with Gasteiger partial charge in [0.05, 0.1) is 10.6 Å². The predicted octanol–water partition coefficient (Wildman–Crippen LogP) is 5.12. The Balaban J connectivity index is 1.10. The molecular formula is C31H34ClFN4O2. The van der Waals surface area contributed by atoms with Crippen LogP contribution in [0.4, 0.5) is 15.8 Å². The number of nitrogens with zero attached hydrogens (tertiary/aromatic N) is 3. The molecule has 1 N–H and O–H groups in total. The van der Waals surface area contributed by atoms with Gasteiger partial charge in [-0.3, -0.25) is 9.59 Å². The first-order valence-corrected chi connectivity index (χ1v) is 13.8. The van der Waals surface area contributed by atoms with Gasteiger partial charge in [0, 0.05) is 75.6 Å². The molecule has 2 aliphatic heterocycles. The molecule has 5 rings (SSSR count). The van der Waals surface area contributed by atoms with Crippen LogP contribution in [0.5, 0.6) is 0 Å². The third kappa shape index (κ3) is 6.04. The highest BCUT2D eigenvalue weighted by molar-refractivity contribution is 6.33. The van der Waals surface area contributed by atoms with E-state index in [1.54, 1.807) is 11.0 Å². The van der Waals surface area contributed by atoms with Crippen molar-refractivity contribution in [1.29, 1.82) is 0 Å². The fraction of sp³-hybridized carbons (Fsp3) is 0.355. The summed E-state index contributed by atoms with van der Waals surface area (Å²) in [5, 5.41) is 3.18. The number of likely N-dealkylation sites (tertiary alicyclic amines) is 1. The van der Waals surface area contributed by atoms with E-state index in [0.717, 1.165) is 31.6 Å². The summed E-state index contributed by atoms with van der Waals surface area (Å²) in [6, 6.07) is 20.5. The lowest BCUT2D eigenvalue weighted by Gasteiger charge is -2.24. The first kappa shape index (κ1) is 27.0. The summed E-state index contributed by atoms with van der Waals surface area (Å²) in [5.41, 5.74) is 4.12. The number of carbonyl (C=O) groups is 2. The number of nitrogens with one attached hydrogen (secondary N) is 1. The van der Waals surface area contributed by atoms with Crippen LogP contribution in [0.15, 0.2) is 66.7 Å². The summed E-state index contributed by atoms with van der Waals surface area (Å²) < 4.78 is 14.3. The minimum absolute atomic E-state index is 0.0258. The summed E-state index contributed by atoms with van der Waals surface area (Å²) in [7, 11) is 3.95. The molecule has 2 aliphatic rings. The summed E-state index contributed by atoms with van der Waals surface area (Å²) >= 11 is 6.13. The van der Waals surface area contributed by atoms with Gasteiger partial charge in [0.2, 0.25) is 0 Å². The average Bonchev–Trinajstić information content (AvgIpc) is 3.51. The van der Waals surface area contributed by atoms with E-state index in [2.05, 4.69) is 34.5 Å². The maximum atomic E-state index is 14.3. The largest absolute Gasteiger partial charge is 0.378 e. The number of rotatable bonds is 8. The van der Waals surface area contributed by atoms with Gasteiger partial charge in [-0.2, -0.15) is 0 Å². The van der Waals surface area contributed by atoms with Crippen LogP contribution in [0.2, 0.25) is 5.02 Å². The highest BCUT2D eigenvalue weighted by Crippen LogP contribution is 2.35. The quantitative estimate of drug-likeness (QED) is 0.397. The molecule has 2 amide bonds. The highest BCUT2D eigenvalue weighted by atomic mass is 35.5. The molecule has 0 spiro atoms. The molecule has 2 fully saturated rings. The van der Waals surface area contributed by atoms with Gasteiger partial charge < -0.3 is 20.0 Å². The topological polar surface area (TPSA) is 55.9 Å². The number of anilines is 2. The molecule has 2 saturated heterocycles. The van der Waals surface area contributed by atoms with Gasteiger partial charge in [0.15, 0.2) is 0 Å². The second kappa shape index (κ2) is 11.7. The number of halogens is 2. The van der Waals surface area contributed by atoms with Gasteiger partial charge in [-0.15, -0.1) is 0 Å². The zero-order chi connectivity index (χ0) is 27.5. The minimum Gasteiger partial charge on any atom is -0.378 e. The van der Waals surface area contributed by atoms with Crippen molar-refractivity contribution in [3.63, 3.8) is 0 Å². The van der Waals surface area contributed by atoms with Gasteiger partial charge in [-0.05, 0) is 66.9 Å². The van der Waals surface area contributed by atoms with Crippen molar-refractivity contribution in [2.75, 3.05) is 56.6 Å². The van der Waals surface area contributed by atoms with E-state index in [-0.39, 0.29) is 22.4 Å². The molecule has 39 heavy (non-hydrogen) atoms. The summed E-state index contributed by atoms with van der Waals surface area (Å²) in [4.78, 5) is 31.6. The molecule has 3 aromatic rings. The maximum absolute atomic E-state index is 14.3. The summed E-state index contributed by atoms with van der Waals surface area (Å²) in [6.07, 6.45) is 1.73. The number of hydrogen-bond donors (Lipinski definition) is 1. The Bertz CT molecular complexity index is 1310. The third-order valence-electron chi connectivity index (χ3n) is 7.80. The molecule has 0 radical (unpaired) electrons. The fourth-order valence-corrected chi connectivity index (χ4v) is 5.89. The van der Waals surface area contributed by atoms with Crippen molar-refractivity contribution in [2.45, 2.75) is 12.8 Å². The molecule has 0 aromatic heterocycles. The Morgan fingerprint density at radius 2 is 1.67 bits per heavy atom. The van der Waals surface area contributed by atoms with Crippen LogP contribution >= 0.6 is 11.6 Å². The van der Waals surface area contributed by atoms with E-state index in [0.29, 0.717) is 37.0 Å². The molecule has 0 bridgehead atoms. The molecule has 2 atom stereocenters. The van der Waals surface area contributed by atoms with Crippen molar-refractivity contribution in [3.8, 4) is 0 Å². The van der Waals surface area contributed by atoms with Crippen molar-refractivity contribution in [2.24, 2.45) is 11.8 Å². The van der Waals surface area contributed by atoms with Crippen LogP contribution in [-0.4, -0.2) is 63.5 Å². The number of hydrogen-bond acceptors (Lipinski definition) is 4. The Morgan fingerprint density at radius 3 is 2.33 bits per heavy atom. The third-order valence-corrected chi connectivity index (χ3v) is 8.11. The first-order chi connectivity index (χ1) is 18.8. The van der Waals surface area contributed by atoms with E-state index in [1.165, 1.54) is 23.4 Å². The summed E-state index contributed by atoms with van der Waals surface area (Å²) in [5.74, 6) is -0.238. The molecule has 2 unspecified atom stereocenters. The number of carbonyl (C=O) groups excluding carboxylic acids is 2. The Labute approximate surface area is 234 Å². The van der Waals surface area contributed by atoms with Crippen LogP contribution in [0.1, 0.15) is 32.7 Å². The second-order valence-corrected chi connectivity index (χ2v) is 11.1. The van der Waals surface area contributed by atoms with Gasteiger partial charge in [-0.1, -0.05) is 29.8 Å². The molecule has 2 heterocycles. The Hall–Kier alpha value is -3.58. The molecule has 0 aliphatic carbocycles. The highest BCUT2D eigenvalue weighted by Gasteiger charge is 2.42. The van der Waals surface area contributed by atoms with Crippen molar-refractivity contribution in [3.05, 3.63) is 94.3 Å². The number of amides is 2. The van der Waals surface area contributed by atoms with Crippen LogP contribution in [0, 0.1) is 17.7 Å². The number of benzene rings is 3. The number of fused-ring (bicyclic) bond motifs is 1. The van der Waals surface area contributed by atoms with Crippen LogP contribution < -0.4 is 15.1 Å². The molecule has 3 aromatic carbocycles. The SMILES string of the molecule is CN(C)c1ccc(C(=O)NCCCc2cccc(N3CC4CN(C(=O)c5c(F)cccc5Cl)CC4C3)c2)cc1. The van der Waals surface area contributed by atoms with Gasteiger partial charge in [0.1, 0.15) is 5.82 Å². The Kier molecular flexibility index (Phi) is 8.07. The van der Waals surface area contributed by atoms with Crippen LogP contribution in [0.25, 0.3) is 0 Å². The molecule has 8 heteroatoms. The van der Waals surface area contributed by atoms with Gasteiger partial charge in [-0.25, -0.2) is 4.39 Å². The van der Waals surface area contributed by atoms with Crippen molar-refractivity contribution >= 4 is 34.8 Å². The van der Waals surface area contributed by atoms with E-state index < -0.39 is 5.82 Å². The average molecular weight is 549 g/mol. The summed E-state index contributed by atoms with van der Waals surface area (Å²) in [6.45, 7) is 3.57. The van der Waals surface area contributed by atoms with E-state index >= 15 is 0 Å². The van der Waals surface area contributed by atoms with E-state index in [4.69, 9.17) is 11.6 Å². The fourth-order valence-electron chi connectivity index (χ4n) is 5.65. The molecular weight excluding hydrogens is 515 g/mol. The van der Waals surface area contributed by atoms with Gasteiger partial charge in [0.25, 0.3) is 11.8 Å². The normalized spacial score (nSPS) is 18.3.